The van der Waals surface area contributed by atoms with Crippen LogP contribution in [0.3, 0.4) is 0 Å². The van der Waals surface area contributed by atoms with E-state index in [4.69, 9.17) is 82.1 Å². The first-order chi connectivity index (χ1) is 29.6. The Morgan fingerprint density at radius 3 is 1.30 bits per heavy atom. The number of fused-ring (bicyclic) bond motifs is 2. The molecule has 7 aromatic carbocycles. The Labute approximate surface area is 365 Å². The summed E-state index contributed by atoms with van der Waals surface area (Å²) in [6, 6.07) is 47.3. The van der Waals surface area contributed by atoms with Gasteiger partial charge in [0.05, 0.1) is 6.26 Å². The largest absolute Gasteiger partial charge is 0.463 e. The van der Waals surface area contributed by atoms with E-state index in [0.717, 1.165) is 33.4 Å². The summed E-state index contributed by atoms with van der Waals surface area (Å²) in [6.45, 7) is 0. The second-order valence-corrected chi connectivity index (χ2v) is 14.6. The SMILES string of the molecule is [B]c1cc2c([B])c(-c3nc(-c4ccccc4)nc(-c4ccc(-c5ccccc5)cc4)n3)c([B])c(-c3ccc(-c4ccccc4)cc3)c2occ2c([B])c([B])c([B])c([B])c2c1[B]. The van der Waals surface area contributed by atoms with Crippen LogP contribution in [-0.4, -0.2) is 77.7 Å². The molecule has 12 heteroatoms. The van der Waals surface area contributed by atoms with Gasteiger partial charge in [0.1, 0.15) is 68.4 Å². The molecule has 16 radical (unpaired) electrons. The molecule has 0 aliphatic heterocycles. The average Bonchev–Trinajstić information content (AvgIpc) is 3.35. The number of hydrogen-bond acceptors (Lipinski definition) is 4. The van der Waals surface area contributed by atoms with Gasteiger partial charge in [-0.3, -0.25) is 0 Å². The van der Waals surface area contributed by atoms with Gasteiger partial charge in [-0.2, -0.15) is 0 Å². The van der Waals surface area contributed by atoms with Crippen molar-refractivity contribution in [2.24, 2.45) is 0 Å². The van der Waals surface area contributed by atoms with Crippen molar-refractivity contribution >= 4 is 128 Å². The summed E-state index contributed by atoms with van der Waals surface area (Å²) in [5.41, 5.74) is 8.39. The molecule has 0 spiro atoms. The molecule has 0 unspecified atom stereocenters. The Bertz CT molecular complexity index is 3200. The maximum atomic E-state index is 7.33. The van der Waals surface area contributed by atoms with Gasteiger partial charge in [-0.15, -0.1) is 16.4 Å². The minimum atomic E-state index is 0.0666. The first-order valence-corrected chi connectivity index (χ1v) is 19.3. The minimum absolute atomic E-state index is 0.0666. The zero-order chi connectivity index (χ0) is 42.4. The van der Waals surface area contributed by atoms with Gasteiger partial charge >= 0.3 is 0 Å². The highest BCUT2D eigenvalue weighted by Crippen LogP contribution is 2.33. The van der Waals surface area contributed by atoms with Crippen molar-refractivity contribution in [3.8, 4) is 67.5 Å². The molecule has 0 aliphatic carbocycles. The Morgan fingerprint density at radius 1 is 0.328 bits per heavy atom. The van der Waals surface area contributed by atoms with Crippen molar-refractivity contribution in [3.05, 3.63) is 152 Å². The number of benzene rings is 7. The van der Waals surface area contributed by atoms with Crippen LogP contribution in [0, 0.1) is 0 Å². The molecule has 0 fully saturated rings. The van der Waals surface area contributed by atoms with Gasteiger partial charge in [0.25, 0.3) is 0 Å². The van der Waals surface area contributed by atoms with E-state index in [2.05, 4.69) is 12.1 Å². The van der Waals surface area contributed by atoms with Crippen molar-refractivity contribution in [2.75, 3.05) is 0 Å². The lowest BCUT2D eigenvalue weighted by atomic mass is 9.63. The van der Waals surface area contributed by atoms with E-state index in [9.17, 15) is 0 Å². The summed E-state index contributed by atoms with van der Waals surface area (Å²) >= 11 is 0. The molecule has 4 nitrogen and oxygen atoms in total. The van der Waals surface area contributed by atoms with Gasteiger partial charge in [0.15, 0.2) is 17.5 Å². The predicted octanol–water partition coefficient (Wildman–Crippen LogP) is 3.25. The number of aromatic nitrogens is 3. The molecule has 2 heterocycles. The highest BCUT2D eigenvalue weighted by Gasteiger charge is 2.22. The minimum Gasteiger partial charge on any atom is -0.463 e. The standard InChI is InChI=1S/C49H25B8N3O/c50-35-24-33-39(51)38(49-59-47(31-14-8-3-9-15-31)58-48(60-49)32-22-18-29(19-23-32)27-12-6-2-7-13-27)42(54)36(30-20-16-28(17-21-30)26-10-4-1-5-11-26)46(33)61-25-34-37(41(35)53)43(55)45(57)44(56)40(34)52/h1-25H. The molecule has 0 atom stereocenters. The van der Waals surface area contributed by atoms with E-state index in [-0.39, 0.29) is 65.9 Å². The molecule has 0 amide bonds. The summed E-state index contributed by atoms with van der Waals surface area (Å²) in [7, 11) is 53.8. The third kappa shape index (κ3) is 7.35. The predicted molar refractivity (Wildman–Crippen MR) is 260 cm³/mol. The summed E-state index contributed by atoms with van der Waals surface area (Å²) < 4.78 is 6.61. The number of hydrogen-bond donors (Lipinski definition) is 0. The molecule has 0 N–H and O–H groups in total. The van der Waals surface area contributed by atoms with E-state index < -0.39 is 0 Å². The lowest BCUT2D eigenvalue weighted by molar-refractivity contribution is 0.614. The summed E-state index contributed by atoms with van der Waals surface area (Å²) in [6.07, 6.45) is 1.41. The quantitative estimate of drug-likeness (QED) is 0.245. The van der Waals surface area contributed by atoms with Gasteiger partial charge in [-0.05, 0) is 33.2 Å². The molecular formula is C49H25B8N3O. The van der Waals surface area contributed by atoms with Crippen LogP contribution in [0.4, 0.5) is 0 Å². The molecule has 0 aliphatic rings. The molecular weight excluding hydrogens is 733 g/mol. The summed E-state index contributed by atoms with van der Waals surface area (Å²) in [5.74, 6) is 1.05. The molecule has 0 saturated heterocycles. The number of nitrogens with zero attached hydrogens (tertiary/aromatic N) is 3. The van der Waals surface area contributed by atoms with Gasteiger partial charge in [-0.1, -0.05) is 173 Å². The normalized spacial score (nSPS) is 11.1. The first kappa shape index (κ1) is 39.8. The molecule has 9 aromatic rings. The second-order valence-electron chi connectivity index (χ2n) is 14.6. The average molecular weight is 758 g/mol. The van der Waals surface area contributed by atoms with Crippen LogP contribution in [0.5, 0.6) is 0 Å². The van der Waals surface area contributed by atoms with Crippen LogP contribution < -0.4 is 43.7 Å². The summed E-state index contributed by atoms with van der Waals surface area (Å²) in [5, 5.41) is 0.897. The molecule has 9 rings (SSSR count). The lowest BCUT2D eigenvalue weighted by Gasteiger charge is -2.19. The third-order valence-corrected chi connectivity index (χ3v) is 10.9. The van der Waals surface area contributed by atoms with Crippen molar-refractivity contribution in [2.45, 2.75) is 0 Å². The molecule has 266 valence electrons. The van der Waals surface area contributed by atoms with Crippen LogP contribution in [0.15, 0.2) is 156 Å². The molecule has 2 aromatic heterocycles. The fourth-order valence-electron chi connectivity index (χ4n) is 7.57. The van der Waals surface area contributed by atoms with E-state index in [0.29, 0.717) is 33.7 Å². The van der Waals surface area contributed by atoms with Crippen LogP contribution >= 0.6 is 0 Å². The Balaban J connectivity index is 1.36. The van der Waals surface area contributed by atoms with Crippen molar-refractivity contribution < 1.29 is 4.42 Å². The van der Waals surface area contributed by atoms with Gasteiger partial charge in [0, 0.05) is 33.0 Å². The van der Waals surface area contributed by atoms with E-state index in [1.807, 2.05) is 127 Å². The van der Waals surface area contributed by atoms with Crippen LogP contribution in [0.1, 0.15) is 0 Å². The third-order valence-electron chi connectivity index (χ3n) is 10.9. The van der Waals surface area contributed by atoms with Gasteiger partial charge < -0.3 is 4.42 Å². The smallest absolute Gasteiger partial charge is 0.164 e. The Hall–Kier alpha value is -6.65. The molecule has 61 heavy (non-hydrogen) atoms. The second kappa shape index (κ2) is 16.4. The van der Waals surface area contributed by atoms with Crippen LogP contribution in [0.25, 0.3) is 89.3 Å². The van der Waals surface area contributed by atoms with E-state index >= 15 is 0 Å². The lowest BCUT2D eigenvalue weighted by Crippen LogP contribution is -2.49. The summed E-state index contributed by atoms with van der Waals surface area (Å²) in [4.78, 5) is 15.0. The van der Waals surface area contributed by atoms with Crippen LogP contribution in [0.2, 0.25) is 0 Å². The molecule has 0 saturated carbocycles. The fraction of sp³-hybridized carbons (Fsp3) is 0. The van der Waals surface area contributed by atoms with Crippen molar-refractivity contribution in [1.82, 2.24) is 15.0 Å². The van der Waals surface area contributed by atoms with E-state index in [1.165, 1.54) is 6.26 Å². The Morgan fingerprint density at radius 2 is 0.754 bits per heavy atom. The monoisotopic (exact) mass is 759 g/mol. The van der Waals surface area contributed by atoms with Gasteiger partial charge in [0.2, 0.25) is 0 Å². The van der Waals surface area contributed by atoms with Crippen molar-refractivity contribution in [3.63, 3.8) is 0 Å². The van der Waals surface area contributed by atoms with Crippen molar-refractivity contribution in [1.29, 1.82) is 0 Å². The molecule has 0 bridgehead atoms. The number of rotatable bonds is 6. The zero-order valence-corrected chi connectivity index (χ0v) is 32.8. The maximum absolute atomic E-state index is 7.33. The Kier molecular flexibility index (Phi) is 10.7. The van der Waals surface area contributed by atoms with Crippen LogP contribution in [-0.2, 0) is 0 Å². The fourth-order valence-corrected chi connectivity index (χ4v) is 7.57. The zero-order valence-electron chi connectivity index (χ0n) is 32.8. The first-order valence-electron chi connectivity index (χ1n) is 19.3. The maximum Gasteiger partial charge on any atom is 0.164 e. The highest BCUT2D eigenvalue weighted by atomic mass is 16.3. The van der Waals surface area contributed by atoms with Gasteiger partial charge in [-0.25, -0.2) is 15.0 Å². The topological polar surface area (TPSA) is 51.8 Å². The van der Waals surface area contributed by atoms with E-state index in [1.54, 1.807) is 6.07 Å². The highest BCUT2D eigenvalue weighted by molar-refractivity contribution is 6.69.